The van der Waals surface area contributed by atoms with E-state index in [4.69, 9.17) is 4.74 Å². The first-order valence-electron chi connectivity index (χ1n) is 8.62. The summed E-state index contributed by atoms with van der Waals surface area (Å²) in [6, 6.07) is 3.73. The second-order valence-electron chi connectivity index (χ2n) is 6.26. The third-order valence-corrected chi connectivity index (χ3v) is 4.50. The van der Waals surface area contributed by atoms with Crippen LogP contribution < -0.4 is 5.32 Å². The van der Waals surface area contributed by atoms with Crippen LogP contribution in [0.25, 0.3) is 22.4 Å². The summed E-state index contributed by atoms with van der Waals surface area (Å²) in [5.74, 6) is -0.170. The van der Waals surface area contributed by atoms with Gasteiger partial charge in [-0.1, -0.05) is 0 Å². The van der Waals surface area contributed by atoms with Crippen molar-refractivity contribution in [1.82, 2.24) is 34.9 Å². The van der Waals surface area contributed by atoms with E-state index in [9.17, 15) is 4.79 Å². The highest BCUT2D eigenvalue weighted by Crippen LogP contribution is 2.22. The molecule has 3 aromatic rings. The van der Waals surface area contributed by atoms with Gasteiger partial charge in [0.1, 0.15) is 12.0 Å². The summed E-state index contributed by atoms with van der Waals surface area (Å²) < 4.78 is 7.01. The maximum Gasteiger partial charge on any atom is 0.271 e. The van der Waals surface area contributed by atoms with Gasteiger partial charge >= 0.3 is 0 Å². The first-order valence-corrected chi connectivity index (χ1v) is 8.62. The van der Waals surface area contributed by atoms with Gasteiger partial charge in [-0.15, -0.1) is 0 Å². The Bertz CT molecular complexity index is 878. The van der Waals surface area contributed by atoms with Crippen LogP contribution in [0.15, 0.2) is 24.7 Å². The number of nitrogens with one attached hydrogen (secondary N) is 2. The summed E-state index contributed by atoms with van der Waals surface area (Å²) in [7, 11) is 1.82. The number of aromatic amines is 1. The molecule has 0 saturated carbocycles. The number of morpholine rings is 1. The van der Waals surface area contributed by atoms with Crippen molar-refractivity contribution in [3.63, 3.8) is 0 Å². The van der Waals surface area contributed by atoms with E-state index in [1.807, 2.05) is 13.1 Å². The number of ether oxygens (including phenoxy) is 1. The maximum absolute atomic E-state index is 12.4. The van der Waals surface area contributed by atoms with Crippen molar-refractivity contribution in [3.8, 4) is 11.4 Å². The Hall–Kier alpha value is -2.78. The quantitative estimate of drug-likeness (QED) is 0.688. The van der Waals surface area contributed by atoms with Crippen molar-refractivity contribution >= 4 is 16.9 Å². The normalized spacial score (nSPS) is 15.4. The molecule has 0 unspecified atom stereocenters. The molecule has 0 radical (unpaired) electrons. The predicted octanol–water partition coefficient (Wildman–Crippen LogP) is 0.420. The molecule has 1 amide bonds. The van der Waals surface area contributed by atoms with Gasteiger partial charge < -0.3 is 15.0 Å². The van der Waals surface area contributed by atoms with Crippen molar-refractivity contribution in [3.05, 3.63) is 30.4 Å². The van der Waals surface area contributed by atoms with Crippen LogP contribution in [-0.2, 0) is 11.8 Å². The summed E-state index contributed by atoms with van der Waals surface area (Å²) in [6.07, 6.45) is 3.25. The molecule has 1 fully saturated rings. The lowest BCUT2D eigenvalue weighted by molar-refractivity contribution is 0.0383. The Balaban J connectivity index is 1.42. The van der Waals surface area contributed by atoms with Crippen LogP contribution in [0.4, 0.5) is 0 Å². The monoisotopic (exact) mass is 355 g/mol. The second-order valence-corrected chi connectivity index (χ2v) is 6.26. The van der Waals surface area contributed by atoms with Gasteiger partial charge in [-0.05, 0) is 12.1 Å². The number of amides is 1. The molecule has 0 atom stereocenters. The zero-order valence-corrected chi connectivity index (χ0v) is 14.6. The third kappa shape index (κ3) is 3.44. The zero-order chi connectivity index (χ0) is 17.9. The molecule has 4 heterocycles. The molecule has 1 aliphatic rings. The Kier molecular flexibility index (Phi) is 4.63. The molecule has 9 heteroatoms. The van der Waals surface area contributed by atoms with Gasteiger partial charge in [0.15, 0.2) is 5.69 Å². The summed E-state index contributed by atoms with van der Waals surface area (Å²) in [5.41, 5.74) is 2.83. The summed E-state index contributed by atoms with van der Waals surface area (Å²) in [6.45, 7) is 4.74. The van der Waals surface area contributed by atoms with Crippen molar-refractivity contribution in [2.45, 2.75) is 0 Å². The Labute approximate surface area is 150 Å². The van der Waals surface area contributed by atoms with E-state index in [0.717, 1.165) is 55.3 Å². The van der Waals surface area contributed by atoms with Crippen LogP contribution in [-0.4, -0.2) is 74.9 Å². The molecular formula is C17H21N7O2. The smallest absolute Gasteiger partial charge is 0.271 e. The topological polar surface area (TPSA) is 101 Å². The van der Waals surface area contributed by atoms with Crippen LogP contribution in [0.5, 0.6) is 0 Å². The molecule has 3 aromatic heterocycles. The van der Waals surface area contributed by atoms with E-state index in [2.05, 4.69) is 30.3 Å². The molecule has 2 N–H and O–H groups in total. The van der Waals surface area contributed by atoms with Crippen LogP contribution in [0.1, 0.15) is 10.5 Å². The third-order valence-electron chi connectivity index (χ3n) is 4.50. The van der Waals surface area contributed by atoms with Crippen LogP contribution in [0.2, 0.25) is 0 Å². The minimum Gasteiger partial charge on any atom is -0.379 e. The lowest BCUT2D eigenvalue weighted by Crippen LogP contribution is -2.41. The molecule has 0 aromatic carbocycles. The number of aromatic nitrogens is 5. The average Bonchev–Trinajstić information content (AvgIpc) is 3.25. The van der Waals surface area contributed by atoms with Crippen molar-refractivity contribution < 1.29 is 9.53 Å². The number of hydrogen-bond acceptors (Lipinski definition) is 6. The van der Waals surface area contributed by atoms with Crippen LogP contribution >= 0.6 is 0 Å². The Morgan fingerprint density at radius 2 is 2.19 bits per heavy atom. The van der Waals surface area contributed by atoms with Crippen molar-refractivity contribution in [1.29, 1.82) is 0 Å². The number of aryl methyl sites for hydroxylation is 1. The molecule has 0 spiro atoms. The lowest BCUT2D eigenvalue weighted by Gasteiger charge is -2.26. The highest BCUT2D eigenvalue weighted by molar-refractivity contribution is 5.93. The largest absolute Gasteiger partial charge is 0.379 e. The molecule has 0 bridgehead atoms. The van der Waals surface area contributed by atoms with E-state index in [-0.39, 0.29) is 5.91 Å². The van der Waals surface area contributed by atoms with E-state index in [0.29, 0.717) is 12.2 Å². The molecular weight excluding hydrogens is 334 g/mol. The summed E-state index contributed by atoms with van der Waals surface area (Å²) >= 11 is 0. The number of H-pyrrole nitrogens is 1. The van der Waals surface area contributed by atoms with Gasteiger partial charge in [0, 0.05) is 44.8 Å². The fourth-order valence-corrected chi connectivity index (χ4v) is 3.08. The van der Waals surface area contributed by atoms with E-state index >= 15 is 0 Å². The number of carbonyl (C=O) groups is 1. The van der Waals surface area contributed by atoms with Gasteiger partial charge in [0.2, 0.25) is 0 Å². The second kappa shape index (κ2) is 7.22. The Morgan fingerprint density at radius 1 is 1.35 bits per heavy atom. The highest BCUT2D eigenvalue weighted by Gasteiger charge is 2.16. The average molecular weight is 355 g/mol. The molecule has 1 saturated heterocycles. The fourth-order valence-electron chi connectivity index (χ4n) is 3.08. The van der Waals surface area contributed by atoms with Gasteiger partial charge in [-0.25, -0.2) is 9.97 Å². The van der Waals surface area contributed by atoms with Crippen molar-refractivity contribution in [2.75, 3.05) is 39.4 Å². The Morgan fingerprint density at radius 3 is 3.00 bits per heavy atom. The van der Waals surface area contributed by atoms with Gasteiger partial charge in [0.05, 0.1) is 24.6 Å². The summed E-state index contributed by atoms with van der Waals surface area (Å²) in [4.78, 5) is 26.1. The fraction of sp³-hybridized carbons (Fsp3) is 0.412. The van der Waals surface area contributed by atoms with Crippen molar-refractivity contribution in [2.24, 2.45) is 7.05 Å². The number of fused-ring (bicyclic) bond motifs is 1. The predicted molar refractivity (Wildman–Crippen MR) is 95.7 cm³/mol. The van der Waals surface area contributed by atoms with Crippen LogP contribution in [0, 0.1) is 0 Å². The number of rotatable bonds is 5. The standard InChI is InChI=1S/C17H21N7O2/c1-23-15(13-8-12-10-18-11-20-16(12)21-13)9-14(22-23)17(25)19-2-3-24-4-6-26-7-5-24/h8-11H,2-7H2,1H3,(H,19,25)(H,18,20,21). The molecule has 1 aliphatic heterocycles. The van der Waals surface area contributed by atoms with E-state index in [1.165, 1.54) is 6.33 Å². The zero-order valence-electron chi connectivity index (χ0n) is 14.6. The number of carbonyl (C=O) groups excluding carboxylic acids is 1. The summed E-state index contributed by atoms with van der Waals surface area (Å²) in [5, 5.41) is 8.19. The first-order chi connectivity index (χ1) is 12.7. The lowest BCUT2D eigenvalue weighted by atomic mass is 10.2. The molecule has 26 heavy (non-hydrogen) atoms. The number of nitrogens with zero attached hydrogens (tertiary/aromatic N) is 5. The number of hydrogen-bond donors (Lipinski definition) is 2. The molecule has 0 aliphatic carbocycles. The maximum atomic E-state index is 12.4. The first kappa shape index (κ1) is 16.7. The molecule has 4 rings (SSSR count). The van der Waals surface area contributed by atoms with E-state index in [1.54, 1.807) is 16.9 Å². The van der Waals surface area contributed by atoms with Crippen LogP contribution in [0.3, 0.4) is 0 Å². The van der Waals surface area contributed by atoms with Gasteiger partial charge in [0.25, 0.3) is 5.91 Å². The SMILES string of the molecule is Cn1nc(C(=O)NCCN2CCOCC2)cc1-c1cc2cncnc2[nH]1. The molecule has 136 valence electrons. The van der Waals surface area contributed by atoms with E-state index < -0.39 is 0 Å². The minimum absolute atomic E-state index is 0.170. The van der Waals surface area contributed by atoms with Gasteiger partial charge in [-0.2, -0.15) is 5.10 Å². The highest BCUT2D eigenvalue weighted by atomic mass is 16.5. The minimum atomic E-state index is -0.170. The van der Waals surface area contributed by atoms with Gasteiger partial charge in [-0.3, -0.25) is 14.4 Å². The molecule has 9 nitrogen and oxygen atoms in total.